The highest BCUT2D eigenvalue weighted by atomic mass is 32.2. The van der Waals surface area contributed by atoms with Crippen LogP contribution in [0.1, 0.15) is 103 Å². The number of benzene rings is 2. The number of unbranched alkanes of at least 4 members (excludes halogenated alkanes) is 8. The Balaban J connectivity index is 1.80. The van der Waals surface area contributed by atoms with Crippen molar-refractivity contribution >= 4 is 41.0 Å². The lowest BCUT2D eigenvalue weighted by Gasteiger charge is -2.39. The summed E-state index contributed by atoms with van der Waals surface area (Å²) in [6.07, 6.45) is 13.7. The lowest BCUT2D eigenvalue weighted by atomic mass is 9.75. The molecule has 0 aromatic heterocycles. The van der Waals surface area contributed by atoms with Gasteiger partial charge in [0.2, 0.25) is 5.91 Å². The zero-order chi connectivity index (χ0) is 35.0. The number of amides is 1. The molecule has 0 unspecified atom stereocenters. The minimum absolute atomic E-state index is 0.114. The van der Waals surface area contributed by atoms with Gasteiger partial charge in [0.25, 0.3) is 5.17 Å². The molecule has 0 radical (unpaired) electrons. The van der Waals surface area contributed by atoms with E-state index in [-0.39, 0.29) is 11.1 Å². The number of aliphatic carboxylic acids is 1. The number of rotatable bonds is 22. The first-order chi connectivity index (χ1) is 23.1. The summed E-state index contributed by atoms with van der Waals surface area (Å²) in [4.78, 5) is 28.4. The number of thiocarbonyl (C=S) groups is 1. The molecule has 1 heterocycles. The average Bonchev–Trinajstić information content (AvgIpc) is 3.41. The molecule has 0 saturated carbocycles. The molecule has 1 amide bonds. The number of ether oxygens (including phenoxy) is 1. The number of nitrogens with zero attached hydrogens (tertiary/aromatic N) is 1. The minimum Gasteiger partial charge on any atom is -0.479 e. The summed E-state index contributed by atoms with van der Waals surface area (Å²) in [7, 11) is 0. The number of halogens is 1. The van der Waals surface area contributed by atoms with E-state index in [0.29, 0.717) is 6.42 Å². The van der Waals surface area contributed by atoms with E-state index in [1.807, 2.05) is 86.3 Å². The van der Waals surface area contributed by atoms with Crippen molar-refractivity contribution in [3.8, 4) is 0 Å². The minimum atomic E-state index is -2.67. The number of allylic oxidation sites excluding steroid dienone is 1. The predicted molar refractivity (Wildman–Crippen MR) is 198 cm³/mol. The van der Waals surface area contributed by atoms with Gasteiger partial charge in [0, 0.05) is 17.5 Å². The summed E-state index contributed by atoms with van der Waals surface area (Å²) in [6, 6.07) is 18.3. The van der Waals surface area contributed by atoms with Crippen molar-refractivity contribution in [2.75, 3.05) is 18.2 Å². The molecule has 2 aromatic rings. The topological polar surface area (TPSA) is 87.1 Å². The summed E-state index contributed by atoms with van der Waals surface area (Å²) in [5.41, 5.74) is -2.30. The van der Waals surface area contributed by atoms with Crippen LogP contribution in [0.5, 0.6) is 0 Å². The lowest BCUT2D eigenvalue weighted by Crippen LogP contribution is -2.57. The molecule has 1 fully saturated rings. The van der Waals surface area contributed by atoms with E-state index < -0.39 is 48.1 Å². The Morgan fingerprint density at radius 3 is 2.00 bits per heavy atom. The number of alkyl halides is 1. The van der Waals surface area contributed by atoms with Crippen molar-refractivity contribution < 1.29 is 28.9 Å². The summed E-state index contributed by atoms with van der Waals surface area (Å²) in [5.74, 6) is -1.81. The van der Waals surface area contributed by atoms with Gasteiger partial charge in [0.15, 0.2) is 11.2 Å². The molecule has 3 atom stereocenters. The molecule has 1 aliphatic rings. The molecule has 0 spiro atoms. The van der Waals surface area contributed by atoms with Gasteiger partial charge in [-0.3, -0.25) is 14.1 Å². The van der Waals surface area contributed by atoms with Gasteiger partial charge in [-0.2, -0.15) is 11.8 Å². The number of carboxylic acid groups (broad SMARTS) is 1. The van der Waals surface area contributed by atoms with Crippen LogP contribution in [0.3, 0.4) is 0 Å². The monoisotopic (exact) mass is 699 g/mol. The quantitative estimate of drug-likeness (QED) is 0.0720. The molecule has 1 saturated heterocycles. The van der Waals surface area contributed by atoms with Crippen molar-refractivity contribution in [1.29, 1.82) is 0 Å². The Kier molecular flexibility index (Phi) is 16.6. The maximum atomic E-state index is 14.6. The fourth-order valence-corrected chi connectivity index (χ4v) is 7.99. The highest BCUT2D eigenvalue weighted by molar-refractivity contribution is 7.99. The Morgan fingerprint density at radius 1 is 0.958 bits per heavy atom. The number of carbonyl (C=O) groups is 2. The molecule has 9 heteroatoms. The average molecular weight is 700 g/mol. The Morgan fingerprint density at radius 2 is 1.50 bits per heavy atom. The predicted octanol–water partition coefficient (Wildman–Crippen LogP) is 9.10. The molecule has 3 rings (SSSR count). The standard InChI is InChI=1S/C39H54FNO5S2/c1-4-5-6-10-19-28-48-29-20-11-8-7-9-18-25-33(38(45,26-27-40)36(43)44)35(42)41-34(30(2)3)39(46-37(41)47,31-21-14-12-15-22-31)32-23-16-13-17-24-32/h12-18,21-25,30,33-34,45H,4-11,19-20,26-29H2,1-3H3,(H,43,44)/b25-18+/t33-,34+,38+/m1/s1. The van der Waals surface area contributed by atoms with Crippen LogP contribution in [0.4, 0.5) is 4.39 Å². The maximum absolute atomic E-state index is 14.6. The van der Waals surface area contributed by atoms with Crippen molar-refractivity contribution in [2.24, 2.45) is 11.8 Å². The van der Waals surface area contributed by atoms with Crippen molar-refractivity contribution in [3.05, 3.63) is 83.9 Å². The molecule has 0 aliphatic carbocycles. The van der Waals surface area contributed by atoms with Gasteiger partial charge in [-0.15, -0.1) is 0 Å². The molecule has 48 heavy (non-hydrogen) atoms. The first-order valence-corrected chi connectivity index (χ1v) is 19.1. The van der Waals surface area contributed by atoms with Crippen molar-refractivity contribution in [3.63, 3.8) is 0 Å². The van der Waals surface area contributed by atoms with Gasteiger partial charge in [0.05, 0.1) is 18.6 Å². The van der Waals surface area contributed by atoms with Crippen LogP contribution in [0.2, 0.25) is 0 Å². The van der Waals surface area contributed by atoms with Crippen LogP contribution < -0.4 is 0 Å². The van der Waals surface area contributed by atoms with Crippen LogP contribution in [0.25, 0.3) is 0 Å². The first kappa shape index (κ1) is 39.7. The molecule has 2 N–H and O–H groups in total. The van der Waals surface area contributed by atoms with Gasteiger partial charge < -0.3 is 14.9 Å². The van der Waals surface area contributed by atoms with Crippen LogP contribution in [-0.2, 0) is 19.9 Å². The SMILES string of the molecule is CCCCCCCSCCCCCC/C=C/[C@H](C(=O)N1C(=S)OC(c2ccccc2)(c2ccccc2)[C@@H]1C(C)C)[C@@](O)(CCF)C(=O)O. The summed E-state index contributed by atoms with van der Waals surface area (Å²) in [6.45, 7) is 5.02. The van der Waals surface area contributed by atoms with Gasteiger partial charge in [-0.05, 0) is 55.3 Å². The van der Waals surface area contributed by atoms with Gasteiger partial charge in [0.1, 0.15) is 0 Å². The second kappa shape index (κ2) is 20.1. The van der Waals surface area contributed by atoms with Crippen LogP contribution >= 0.6 is 24.0 Å². The highest BCUT2D eigenvalue weighted by Gasteiger charge is 2.60. The third kappa shape index (κ3) is 9.91. The number of hydrogen-bond acceptors (Lipinski definition) is 6. The second-order valence-corrected chi connectivity index (χ2v) is 14.6. The number of aliphatic hydroxyl groups is 1. The van der Waals surface area contributed by atoms with E-state index in [4.69, 9.17) is 17.0 Å². The normalized spacial score (nSPS) is 17.8. The van der Waals surface area contributed by atoms with E-state index in [1.165, 1.54) is 48.8 Å². The maximum Gasteiger partial charge on any atom is 0.336 e. The first-order valence-electron chi connectivity index (χ1n) is 17.6. The Hall–Kier alpha value is -2.75. The number of carboxylic acids is 1. The summed E-state index contributed by atoms with van der Waals surface area (Å²) < 4.78 is 20.3. The van der Waals surface area contributed by atoms with Gasteiger partial charge in [-0.25, -0.2) is 4.79 Å². The van der Waals surface area contributed by atoms with E-state index in [9.17, 15) is 24.2 Å². The summed E-state index contributed by atoms with van der Waals surface area (Å²) >= 11 is 7.75. The third-order valence-corrected chi connectivity index (χ3v) is 10.6. The van der Waals surface area contributed by atoms with Crippen molar-refractivity contribution in [1.82, 2.24) is 4.90 Å². The Bertz CT molecular complexity index is 1270. The third-order valence-electron chi connectivity index (χ3n) is 9.17. The van der Waals surface area contributed by atoms with E-state index in [2.05, 4.69) is 6.92 Å². The van der Waals surface area contributed by atoms with E-state index in [0.717, 1.165) is 42.6 Å². The zero-order valence-corrected chi connectivity index (χ0v) is 30.5. The molecule has 2 aromatic carbocycles. The zero-order valence-electron chi connectivity index (χ0n) is 28.8. The largest absolute Gasteiger partial charge is 0.479 e. The van der Waals surface area contributed by atoms with Crippen LogP contribution in [0.15, 0.2) is 72.8 Å². The van der Waals surface area contributed by atoms with Crippen molar-refractivity contribution in [2.45, 2.75) is 109 Å². The van der Waals surface area contributed by atoms with E-state index >= 15 is 0 Å². The van der Waals surface area contributed by atoms with Crippen LogP contribution in [0, 0.1) is 11.8 Å². The number of hydrogen-bond donors (Lipinski definition) is 2. The van der Waals surface area contributed by atoms with E-state index in [1.54, 1.807) is 6.08 Å². The molecular weight excluding hydrogens is 646 g/mol. The number of thioether (sulfide) groups is 1. The molecule has 1 aliphatic heterocycles. The highest BCUT2D eigenvalue weighted by Crippen LogP contribution is 2.48. The molecular formula is C39H54FNO5S2. The molecule has 6 nitrogen and oxygen atoms in total. The Labute approximate surface area is 296 Å². The smallest absolute Gasteiger partial charge is 0.336 e. The van der Waals surface area contributed by atoms with Crippen LogP contribution in [-0.4, -0.2) is 62.0 Å². The molecule has 0 bridgehead atoms. The lowest BCUT2D eigenvalue weighted by molar-refractivity contribution is -0.169. The fraction of sp³-hybridized carbons (Fsp3) is 0.564. The number of carbonyl (C=O) groups excluding carboxylic acids is 1. The van der Waals surface area contributed by atoms with Gasteiger partial charge >= 0.3 is 5.97 Å². The molecule has 264 valence electrons. The second-order valence-electron chi connectivity index (χ2n) is 13.0. The van der Waals surface area contributed by atoms with Gasteiger partial charge in [-0.1, -0.05) is 132 Å². The fourth-order valence-electron chi connectivity index (χ4n) is 6.63. The summed E-state index contributed by atoms with van der Waals surface area (Å²) in [5, 5.41) is 21.5.